The predicted molar refractivity (Wildman–Crippen MR) is 170 cm³/mol. The molecular weight excluding hydrogens is 620 g/mol. The lowest BCUT2D eigenvalue weighted by Crippen LogP contribution is -2.76. The van der Waals surface area contributed by atoms with Crippen LogP contribution in [-0.4, -0.2) is 91.7 Å². The zero-order chi connectivity index (χ0) is 34.4. The van der Waals surface area contributed by atoms with Gasteiger partial charge in [-0.2, -0.15) is 0 Å². The minimum atomic E-state index is -2.44. The Hall–Kier alpha value is -3.26. The minimum Gasteiger partial charge on any atom is -0.455 e. The van der Waals surface area contributed by atoms with E-state index in [9.17, 15) is 30.0 Å². The molecule has 3 saturated heterocycles. The molecule has 11 nitrogen and oxygen atoms in total. The molecule has 6 aliphatic rings. The third-order valence-electron chi connectivity index (χ3n) is 11.4. The molecule has 256 valence electrons. The van der Waals surface area contributed by atoms with Crippen LogP contribution < -0.4 is 0 Å². The Morgan fingerprint density at radius 2 is 1.81 bits per heavy atom. The van der Waals surface area contributed by atoms with Gasteiger partial charge >= 0.3 is 11.9 Å². The molecule has 3 aliphatic heterocycles. The fourth-order valence-electron chi connectivity index (χ4n) is 9.07. The van der Waals surface area contributed by atoms with Gasteiger partial charge in [0.25, 0.3) is 0 Å². The van der Waals surface area contributed by atoms with Crippen molar-refractivity contribution in [2.45, 2.75) is 93.0 Å². The summed E-state index contributed by atoms with van der Waals surface area (Å²) < 4.78 is 33.2. The minimum absolute atomic E-state index is 0.215. The summed E-state index contributed by atoms with van der Waals surface area (Å²) in [7, 11) is 0. The molecule has 48 heavy (non-hydrogen) atoms. The van der Waals surface area contributed by atoms with Crippen LogP contribution in [-0.2, 0) is 39.2 Å². The highest BCUT2D eigenvalue weighted by Gasteiger charge is 2.90. The van der Waals surface area contributed by atoms with Crippen molar-refractivity contribution in [3.8, 4) is 0 Å². The Kier molecular flexibility index (Phi) is 7.71. The molecule has 3 aliphatic carbocycles. The Labute approximate surface area is 278 Å². The molecule has 11 heteroatoms. The zero-order valence-electron chi connectivity index (χ0n) is 27.3. The number of epoxide rings is 1. The van der Waals surface area contributed by atoms with Crippen LogP contribution in [0.15, 0.2) is 90.6 Å². The van der Waals surface area contributed by atoms with E-state index in [4.69, 9.17) is 23.7 Å². The molecule has 2 unspecified atom stereocenters. The second kappa shape index (κ2) is 11.1. The molecule has 3 heterocycles. The topological polar surface area (TPSA) is 165 Å². The molecule has 2 saturated carbocycles. The fraction of sp³-hybridized carbons (Fsp3) is 0.514. The summed E-state index contributed by atoms with van der Waals surface area (Å²) in [4.78, 5) is 27.4. The van der Waals surface area contributed by atoms with Gasteiger partial charge in [0.05, 0.1) is 18.3 Å². The van der Waals surface area contributed by atoms with Gasteiger partial charge < -0.3 is 44.1 Å². The lowest BCUT2D eigenvalue weighted by molar-refractivity contribution is -0.440. The second-order valence-corrected chi connectivity index (χ2v) is 13.9. The smallest absolute Gasteiger partial charge is 0.331 e. The van der Waals surface area contributed by atoms with Gasteiger partial charge in [-0.3, -0.25) is 4.79 Å². The van der Waals surface area contributed by atoms with Gasteiger partial charge in [-0.1, -0.05) is 87.2 Å². The summed E-state index contributed by atoms with van der Waals surface area (Å²) in [5.74, 6) is -6.09. The normalized spacial score (nSPS) is 46.0. The van der Waals surface area contributed by atoms with Gasteiger partial charge in [0, 0.05) is 29.4 Å². The van der Waals surface area contributed by atoms with E-state index in [1.54, 1.807) is 75.4 Å². The maximum Gasteiger partial charge on any atom is 0.331 e. The van der Waals surface area contributed by atoms with Crippen LogP contribution >= 0.6 is 0 Å². The molecule has 0 amide bonds. The predicted octanol–water partition coefficient (Wildman–Crippen LogP) is 2.29. The van der Waals surface area contributed by atoms with Crippen molar-refractivity contribution in [1.82, 2.24) is 0 Å². The molecule has 1 aromatic rings. The summed E-state index contributed by atoms with van der Waals surface area (Å²) in [6, 6.07) is 8.95. The first-order chi connectivity index (χ1) is 22.8. The number of ketones is 1. The molecule has 0 radical (unpaired) electrons. The van der Waals surface area contributed by atoms with Gasteiger partial charge in [-0.05, 0) is 31.4 Å². The number of aliphatic hydroxyl groups excluding tert-OH is 3. The maximum absolute atomic E-state index is 13.8. The highest BCUT2D eigenvalue weighted by atomic mass is 16.9. The fourth-order valence-corrected chi connectivity index (χ4v) is 9.07. The van der Waals surface area contributed by atoms with Gasteiger partial charge in [0.2, 0.25) is 0 Å². The number of aliphatic hydroxyl groups is 4. The van der Waals surface area contributed by atoms with Crippen molar-refractivity contribution < 1.29 is 53.7 Å². The van der Waals surface area contributed by atoms with E-state index >= 15 is 0 Å². The molecule has 0 spiro atoms. The molecule has 0 aromatic heterocycles. The molecule has 13 atom stereocenters. The van der Waals surface area contributed by atoms with Crippen molar-refractivity contribution in [2.24, 2.45) is 17.8 Å². The van der Waals surface area contributed by atoms with Crippen LogP contribution in [0, 0.1) is 17.8 Å². The summed E-state index contributed by atoms with van der Waals surface area (Å²) in [6.07, 6.45) is 6.17. The number of rotatable bonds is 9. The number of allylic oxidation sites excluding steroid dienone is 4. The van der Waals surface area contributed by atoms with Crippen LogP contribution in [0.3, 0.4) is 0 Å². The van der Waals surface area contributed by atoms with E-state index in [-0.39, 0.29) is 5.57 Å². The Morgan fingerprint density at radius 3 is 2.48 bits per heavy atom. The van der Waals surface area contributed by atoms with E-state index in [1.807, 2.05) is 13.0 Å². The lowest BCUT2D eigenvalue weighted by Gasteiger charge is -2.61. The Balaban J connectivity index is 1.38. The zero-order valence-corrected chi connectivity index (χ0v) is 27.3. The molecule has 4 N–H and O–H groups in total. The number of ether oxygens (including phenoxy) is 5. The van der Waals surface area contributed by atoms with Gasteiger partial charge in [-0.15, -0.1) is 0 Å². The van der Waals surface area contributed by atoms with Crippen LogP contribution in [0.25, 0.3) is 0 Å². The van der Waals surface area contributed by atoms with Crippen LogP contribution in [0.5, 0.6) is 0 Å². The average Bonchev–Trinajstić information content (AvgIpc) is 3.70. The van der Waals surface area contributed by atoms with Crippen LogP contribution in [0.4, 0.5) is 0 Å². The largest absolute Gasteiger partial charge is 0.455 e. The monoisotopic (exact) mass is 662 g/mol. The first-order valence-corrected chi connectivity index (χ1v) is 16.4. The van der Waals surface area contributed by atoms with Gasteiger partial charge in [-0.25, -0.2) is 4.79 Å². The van der Waals surface area contributed by atoms with Gasteiger partial charge in [0.15, 0.2) is 17.0 Å². The van der Waals surface area contributed by atoms with Gasteiger partial charge in [0.1, 0.15) is 30.0 Å². The number of hydrogen-bond acceptors (Lipinski definition) is 11. The SMILES string of the molecule is C=C(C)[C@@]12OC3(c4ccccc4)O[C@@H]1[C@@H]1[C@@H]4O[C@]4(CO)[C@@H](O)[C@]4(O)C(=O)C(C)=C[C@H]4[C@@]1(O3)[C@H](C)[C@H]2OC(=O)/C=C/C=C/C=C/C(O)CC. The van der Waals surface area contributed by atoms with Crippen molar-refractivity contribution in [3.05, 3.63) is 96.2 Å². The van der Waals surface area contributed by atoms with Crippen LogP contribution in [0.2, 0.25) is 0 Å². The van der Waals surface area contributed by atoms with E-state index < -0.39 is 95.0 Å². The molecular formula is C37H42O11. The second-order valence-electron chi connectivity index (χ2n) is 13.9. The van der Waals surface area contributed by atoms with E-state index in [1.165, 1.54) is 12.2 Å². The summed E-state index contributed by atoms with van der Waals surface area (Å²) in [5, 5.41) is 44.6. The summed E-state index contributed by atoms with van der Waals surface area (Å²) in [6.45, 7) is 10.6. The number of carbonyl (C=O) groups excluding carboxylic acids is 2. The average molecular weight is 663 g/mol. The first-order valence-electron chi connectivity index (χ1n) is 16.4. The molecule has 1 aromatic carbocycles. The van der Waals surface area contributed by atoms with Crippen LogP contribution in [0.1, 0.15) is 39.7 Å². The number of hydrogen-bond donors (Lipinski definition) is 4. The summed E-state index contributed by atoms with van der Waals surface area (Å²) in [5.41, 5.74) is -6.05. The number of benzene rings is 1. The number of fused-ring (bicyclic) bond motifs is 3. The molecule has 3 bridgehead atoms. The van der Waals surface area contributed by atoms with Crippen molar-refractivity contribution in [1.29, 1.82) is 0 Å². The van der Waals surface area contributed by atoms with Crippen molar-refractivity contribution in [2.75, 3.05) is 6.61 Å². The maximum atomic E-state index is 13.8. The van der Waals surface area contributed by atoms with Crippen molar-refractivity contribution in [3.63, 3.8) is 0 Å². The highest BCUT2D eigenvalue weighted by Crippen LogP contribution is 2.74. The van der Waals surface area contributed by atoms with E-state index in [0.29, 0.717) is 17.6 Å². The number of esters is 1. The highest BCUT2D eigenvalue weighted by molar-refractivity contribution is 6.05. The molecule has 5 fully saturated rings. The summed E-state index contributed by atoms with van der Waals surface area (Å²) >= 11 is 0. The number of Topliss-reactive ketones (excluding diaryl/α,β-unsaturated/α-hetero) is 1. The molecule has 7 rings (SSSR count). The van der Waals surface area contributed by atoms with Crippen molar-refractivity contribution >= 4 is 11.8 Å². The Morgan fingerprint density at radius 1 is 1.10 bits per heavy atom. The third kappa shape index (κ3) is 4.10. The standard InChI is InChI=1S/C37H42O11/c1-6-24(39)16-12-7-8-13-17-26(40)44-29-22(5)36-25-18-21(4)28(41)34(25,43)32(42)33(19-38)30(45-33)27(36)31-35(29,20(2)3)47-37(46-31,48-36)23-14-10-9-11-15-23/h7-18,22,24-25,27,29-32,38-39,42-43H,2,6,19H2,1,3-5H3/b8-7+,16-12+,17-13+/t22-,24?,25-,27+,29-,30+,31-,32-,33+,34-,35+,36+,37?/m1/s1. The van der Waals surface area contributed by atoms with E-state index in [0.717, 1.165) is 0 Å². The lowest BCUT2D eigenvalue weighted by atomic mass is 9.53. The quantitative estimate of drug-likeness (QED) is 0.101. The third-order valence-corrected chi connectivity index (χ3v) is 11.4. The van der Waals surface area contributed by atoms with E-state index in [2.05, 4.69) is 6.58 Å². The first kappa shape index (κ1) is 33.2. The number of carbonyl (C=O) groups is 2. The Bertz CT molecular complexity index is 1650.